The van der Waals surface area contributed by atoms with Gasteiger partial charge in [0.2, 0.25) is 0 Å². The molecule has 1 aromatic rings. The van der Waals surface area contributed by atoms with Crippen LogP contribution < -0.4 is 11.2 Å². The van der Waals surface area contributed by atoms with Crippen molar-refractivity contribution in [3.63, 3.8) is 0 Å². The Labute approximate surface area is 121 Å². The van der Waals surface area contributed by atoms with E-state index < -0.39 is 12.0 Å². The summed E-state index contributed by atoms with van der Waals surface area (Å²) in [5.41, 5.74) is 1.16. The number of hydrogen-bond acceptors (Lipinski definition) is 5. The molecule has 1 aliphatic rings. The Kier molecular flexibility index (Phi) is 4.70. The first-order valence-electron chi connectivity index (χ1n) is 6.14. The number of nitrogens with one attached hydrogen (secondary N) is 1. The lowest BCUT2D eigenvalue weighted by atomic mass is 10.1. The Balaban J connectivity index is 2.07. The molecule has 1 aliphatic heterocycles. The zero-order valence-electron chi connectivity index (χ0n) is 10.7. The summed E-state index contributed by atoms with van der Waals surface area (Å²) in [7, 11) is 0. The maximum atomic E-state index is 10.8. The van der Waals surface area contributed by atoms with Gasteiger partial charge >= 0.3 is 5.97 Å². The van der Waals surface area contributed by atoms with Gasteiger partial charge in [0.1, 0.15) is 11.8 Å². The molecule has 0 saturated carbocycles. The molecule has 0 bridgehead atoms. The number of benzene rings is 1. The maximum absolute atomic E-state index is 10.8. The van der Waals surface area contributed by atoms with Crippen molar-refractivity contribution in [3.8, 4) is 0 Å². The standard InChI is InChI=1S/C13H15ClN4O2/c14-10-4-2-1-3-9(10)12(18-15)7-16-8-5-11(13(19)20)17-6-8/h1-4,7-8,11,17H,5-6,15H2,(H,19,20). The molecule has 1 saturated heterocycles. The quantitative estimate of drug-likeness (QED) is 0.436. The summed E-state index contributed by atoms with van der Waals surface area (Å²) in [6.07, 6.45) is 1.99. The van der Waals surface area contributed by atoms with Crippen molar-refractivity contribution in [2.45, 2.75) is 18.5 Å². The van der Waals surface area contributed by atoms with E-state index in [4.69, 9.17) is 22.6 Å². The minimum atomic E-state index is -0.860. The first-order valence-corrected chi connectivity index (χ1v) is 6.51. The highest BCUT2D eigenvalue weighted by atomic mass is 35.5. The number of aliphatic carboxylic acids is 1. The molecule has 2 atom stereocenters. The zero-order valence-corrected chi connectivity index (χ0v) is 11.4. The van der Waals surface area contributed by atoms with E-state index in [9.17, 15) is 4.79 Å². The Morgan fingerprint density at radius 3 is 2.85 bits per heavy atom. The van der Waals surface area contributed by atoms with E-state index in [1.807, 2.05) is 12.1 Å². The molecule has 106 valence electrons. The van der Waals surface area contributed by atoms with Crippen LogP contribution in [0.2, 0.25) is 5.02 Å². The summed E-state index contributed by atoms with van der Waals surface area (Å²) >= 11 is 6.07. The van der Waals surface area contributed by atoms with Crippen molar-refractivity contribution in [2.75, 3.05) is 6.54 Å². The highest BCUT2D eigenvalue weighted by Crippen LogP contribution is 2.16. The first-order chi connectivity index (χ1) is 9.61. The Bertz CT molecular complexity index is 559. The Morgan fingerprint density at radius 1 is 1.50 bits per heavy atom. The maximum Gasteiger partial charge on any atom is 0.320 e. The number of nitrogens with zero attached hydrogens (tertiary/aromatic N) is 2. The van der Waals surface area contributed by atoms with Gasteiger partial charge in [-0.3, -0.25) is 9.79 Å². The molecule has 0 aliphatic carbocycles. The lowest BCUT2D eigenvalue weighted by Crippen LogP contribution is -2.29. The van der Waals surface area contributed by atoms with Crippen LogP contribution in [-0.4, -0.2) is 41.6 Å². The normalized spacial score (nSPS) is 23.4. The number of halogens is 1. The van der Waals surface area contributed by atoms with Gasteiger partial charge in [0.25, 0.3) is 0 Å². The van der Waals surface area contributed by atoms with E-state index in [-0.39, 0.29) is 6.04 Å². The third-order valence-electron chi connectivity index (χ3n) is 3.10. The van der Waals surface area contributed by atoms with Gasteiger partial charge in [-0.25, -0.2) is 0 Å². The van der Waals surface area contributed by atoms with Crippen LogP contribution in [0.1, 0.15) is 12.0 Å². The highest BCUT2D eigenvalue weighted by molar-refractivity contribution is 6.44. The predicted molar refractivity (Wildman–Crippen MR) is 78.5 cm³/mol. The Hall–Kier alpha value is -1.92. The summed E-state index contributed by atoms with van der Waals surface area (Å²) < 4.78 is 0. The van der Waals surface area contributed by atoms with Crippen LogP contribution in [-0.2, 0) is 4.79 Å². The topological polar surface area (TPSA) is 100 Å². The Morgan fingerprint density at radius 2 is 2.25 bits per heavy atom. The second kappa shape index (κ2) is 6.49. The number of hydrazone groups is 1. The lowest BCUT2D eigenvalue weighted by molar-refractivity contribution is -0.139. The van der Waals surface area contributed by atoms with E-state index in [0.717, 1.165) is 0 Å². The van der Waals surface area contributed by atoms with Gasteiger partial charge in [0, 0.05) is 18.3 Å². The van der Waals surface area contributed by atoms with Crippen molar-refractivity contribution >= 4 is 29.5 Å². The fourth-order valence-corrected chi connectivity index (χ4v) is 2.27. The van der Waals surface area contributed by atoms with Crippen LogP contribution in [0, 0.1) is 0 Å². The van der Waals surface area contributed by atoms with Crippen molar-refractivity contribution in [2.24, 2.45) is 15.9 Å². The van der Waals surface area contributed by atoms with Gasteiger partial charge in [-0.15, -0.1) is 0 Å². The van der Waals surface area contributed by atoms with Gasteiger partial charge in [-0.05, 0) is 12.5 Å². The summed E-state index contributed by atoms with van der Waals surface area (Å²) in [4.78, 5) is 15.2. The molecule has 2 rings (SSSR count). The van der Waals surface area contributed by atoms with Gasteiger partial charge in [0.15, 0.2) is 0 Å². The molecule has 0 aromatic heterocycles. The number of aliphatic imine (C=N–C) groups is 1. The fraction of sp³-hybridized carbons (Fsp3) is 0.308. The third kappa shape index (κ3) is 3.34. The molecule has 1 aromatic carbocycles. The van der Waals surface area contributed by atoms with Crippen molar-refractivity contribution in [1.29, 1.82) is 0 Å². The zero-order chi connectivity index (χ0) is 14.5. The van der Waals surface area contributed by atoms with Crippen LogP contribution in [0.15, 0.2) is 34.4 Å². The summed E-state index contributed by atoms with van der Waals surface area (Å²) in [5, 5.41) is 16.0. The first kappa shape index (κ1) is 14.5. The largest absolute Gasteiger partial charge is 0.480 e. The molecule has 20 heavy (non-hydrogen) atoms. The van der Waals surface area contributed by atoms with Crippen LogP contribution in [0.25, 0.3) is 0 Å². The van der Waals surface area contributed by atoms with Gasteiger partial charge < -0.3 is 16.3 Å². The molecule has 4 N–H and O–H groups in total. The lowest BCUT2D eigenvalue weighted by Gasteiger charge is -2.04. The van der Waals surface area contributed by atoms with Crippen LogP contribution in [0.3, 0.4) is 0 Å². The smallest absolute Gasteiger partial charge is 0.320 e. The number of carbonyl (C=O) groups is 1. The number of nitrogens with two attached hydrogens (primary N) is 1. The van der Waals surface area contributed by atoms with E-state index in [1.54, 1.807) is 12.1 Å². The molecule has 6 nitrogen and oxygen atoms in total. The van der Waals surface area contributed by atoms with E-state index in [2.05, 4.69) is 15.4 Å². The molecule has 1 heterocycles. The summed E-state index contributed by atoms with van der Waals surface area (Å²) in [6, 6.07) is 6.54. The van der Waals surface area contributed by atoms with Crippen molar-refractivity contribution < 1.29 is 9.90 Å². The number of carboxylic acids is 1. The molecular formula is C13H15ClN4O2. The van der Waals surface area contributed by atoms with Gasteiger partial charge in [-0.2, -0.15) is 5.10 Å². The monoisotopic (exact) mass is 294 g/mol. The van der Waals surface area contributed by atoms with E-state index >= 15 is 0 Å². The van der Waals surface area contributed by atoms with Gasteiger partial charge in [0.05, 0.1) is 11.1 Å². The van der Waals surface area contributed by atoms with Crippen molar-refractivity contribution in [3.05, 3.63) is 34.9 Å². The number of rotatable bonds is 4. The predicted octanol–water partition coefficient (Wildman–Crippen LogP) is 0.889. The highest BCUT2D eigenvalue weighted by Gasteiger charge is 2.28. The van der Waals surface area contributed by atoms with Crippen LogP contribution >= 0.6 is 11.6 Å². The summed E-state index contributed by atoms with van der Waals surface area (Å²) in [6.45, 7) is 0.522. The second-order valence-electron chi connectivity index (χ2n) is 4.46. The fourth-order valence-electron chi connectivity index (χ4n) is 2.04. The molecule has 1 fully saturated rings. The van der Waals surface area contributed by atoms with E-state index in [1.165, 1.54) is 6.21 Å². The number of hydrogen-bond donors (Lipinski definition) is 3. The van der Waals surface area contributed by atoms with Crippen molar-refractivity contribution in [1.82, 2.24) is 5.32 Å². The molecule has 2 unspecified atom stereocenters. The van der Waals surface area contributed by atoms with Gasteiger partial charge in [-0.1, -0.05) is 29.8 Å². The second-order valence-corrected chi connectivity index (χ2v) is 4.87. The SMILES string of the molecule is NN=C(C=NC1CNC(C(=O)O)C1)c1ccccc1Cl. The molecule has 0 spiro atoms. The molecule has 0 amide bonds. The minimum Gasteiger partial charge on any atom is -0.480 e. The van der Waals surface area contributed by atoms with Crippen LogP contribution in [0.4, 0.5) is 0 Å². The molecule has 7 heteroatoms. The molecule has 0 radical (unpaired) electrons. The van der Waals surface area contributed by atoms with E-state index in [0.29, 0.717) is 29.3 Å². The average Bonchev–Trinajstić information content (AvgIpc) is 2.90. The molecular weight excluding hydrogens is 280 g/mol. The average molecular weight is 295 g/mol. The summed E-state index contributed by atoms with van der Waals surface area (Å²) in [5.74, 6) is 4.50. The van der Waals surface area contributed by atoms with Crippen LogP contribution in [0.5, 0.6) is 0 Å². The number of carboxylic acid groups (broad SMARTS) is 1. The third-order valence-corrected chi connectivity index (χ3v) is 3.43. The minimum absolute atomic E-state index is 0.102.